The van der Waals surface area contributed by atoms with E-state index in [0.717, 1.165) is 24.5 Å². The molecule has 2 aromatic carbocycles. The molecule has 0 amide bonds. The van der Waals surface area contributed by atoms with Gasteiger partial charge in [-0.25, -0.2) is 0 Å². The van der Waals surface area contributed by atoms with Crippen molar-refractivity contribution in [2.24, 2.45) is 5.92 Å². The van der Waals surface area contributed by atoms with Gasteiger partial charge in [0.05, 0.1) is 5.39 Å². The highest BCUT2D eigenvalue weighted by Gasteiger charge is 2.45. The highest BCUT2D eigenvalue weighted by atomic mass is 16.5. The van der Waals surface area contributed by atoms with Gasteiger partial charge in [-0.15, -0.1) is 0 Å². The summed E-state index contributed by atoms with van der Waals surface area (Å²) >= 11 is 0. The number of hydrogen-bond acceptors (Lipinski definition) is 5. The average molecular weight is 378 g/mol. The number of allylic oxidation sites excluding steroid dienone is 2. The molecule has 0 saturated heterocycles. The number of phenolic OH excluding ortho intramolecular Hbond substituents is 2. The van der Waals surface area contributed by atoms with E-state index < -0.39 is 0 Å². The first-order valence-electron chi connectivity index (χ1n) is 9.58. The Kier molecular flexibility index (Phi) is 3.39. The molecule has 5 nitrogen and oxygen atoms in total. The van der Waals surface area contributed by atoms with E-state index in [0.29, 0.717) is 16.7 Å². The van der Waals surface area contributed by atoms with E-state index in [1.54, 1.807) is 6.07 Å². The van der Waals surface area contributed by atoms with Gasteiger partial charge < -0.3 is 19.4 Å². The zero-order valence-electron chi connectivity index (χ0n) is 16.1. The largest absolute Gasteiger partial charge is 0.508 e. The second kappa shape index (κ2) is 5.53. The Labute approximate surface area is 161 Å². The van der Waals surface area contributed by atoms with Crippen LogP contribution >= 0.6 is 0 Å². The van der Waals surface area contributed by atoms with Crippen LogP contribution in [0.15, 0.2) is 45.1 Å². The molecule has 28 heavy (non-hydrogen) atoms. The van der Waals surface area contributed by atoms with Gasteiger partial charge in [-0.3, -0.25) is 4.79 Å². The molecule has 2 aliphatic rings. The summed E-state index contributed by atoms with van der Waals surface area (Å²) in [5.74, 6) is 0.553. The summed E-state index contributed by atoms with van der Waals surface area (Å²) in [5, 5.41) is 20.6. The third-order valence-corrected chi connectivity index (χ3v) is 6.25. The van der Waals surface area contributed by atoms with Crippen LogP contribution in [0, 0.1) is 5.92 Å². The average Bonchev–Trinajstić information content (AvgIpc) is 2.60. The van der Waals surface area contributed by atoms with Gasteiger partial charge in [0.15, 0.2) is 0 Å². The lowest BCUT2D eigenvalue weighted by molar-refractivity contribution is 0.0122. The fraction of sp³-hybridized carbons (Fsp3) is 0.348. The smallest absolute Gasteiger partial charge is 0.204 e. The highest BCUT2D eigenvalue weighted by molar-refractivity contribution is 5.96. The van der Waals surface area contributed by atoms with Crippen molar-refractivity contribution in [3.05, 3.63) is 51.7 Å². The van der Waals surface area contributed by atoms with Crippen LogP contribution < -0.4 is 10.2 Å². The van der Waals surface area contributed by atoms with Crippen molar-refractivity contribution in [3.8, 4) is 17.2 Å². The summed E-state index contributed by atoms with van der Waals surface area (Å²) in [7, 11) is 0. The van der Waals surface area contributed by atoms with E-state index in [9.17, 15) is 15.0 Å². The van der Waals surface area contributed by atoms with Crippen LogP contribution in [0.1, 0.15) is 45.1 Å². The predicted molar refractivity (Wildman–Crippen MR) is 107 cm³/mol. The van der Waals surface area contributed by atoms with Crippen molar-refractivity contribution in [3.63, 3.8) is 0 Å². The quantitative estimate of drug-likeness (QED) is 0.426. The number of phenols is 2. The predicted octanol–water partition coefficient (Wildman–Crippen LogP) is 4.97. The SMILES string of the molecule is CC1=C[C@@H]2c3c(ccc4oc5cc(O)cc(O)c5c(=O)c34)OC(C)(C)[C@@H]2CC1. The lowest BCUT2D eigenvalue weighted by Crippen LogP contribution is -2.45. The zero-order chi connectivity index (χ0) is 19.8. The number of aromatic hydroxyl groups is 2. The maximum absolute atomic E-state index is 13.4. The minimum absolute atomic E-state index is 0.0517. The molecular weight excluding hydrogens is 356 g/mol. The van der Waals surface area contributed by atoms with Gasteiger partial charge in [0.2, 0.25) is 5.43 Å². The fourth-order valence-corrected chi connectivity index (χ4v) is 4.95. The second-order valence-corrected chi connectivity index (χ2v) is 8.51. The molecule has 2 atom stereocenters. The molecule has 0 spiro atoms. The Hall–Kier alpha value is -2.95. The Morgan fingerprint density at radius 1 is 1.11 bits per heavy atom. The molecule has 144 valence electrons. The normalized spacial score (nSPS) is 23.0. The molecule has 0 unspecified atom stereocenters. The van der Waals surface area contributed by atoms with Gasteiger partial charge >= 0.3 is 0 Å². The fourth-order valence-electron chi connectivity index (χ4n) is 4.95. The monoisotopic (exact) mass is 378 g/mol. The molecule has 0 fully saturated rings. The molecular formula is C23H22O5. The van der Waals surface area contributed by atoms with Gasteiger partial charge in [-0.2, -0.15) is 0 Å². The standard InChI is InChI=1S/C23H22O5/c1-11-4-5-14-13(8-11)19-17(28-23(14,2)3)7-6-16-21(19)22(26)20-15(25)9-12(24)10-18(20)27-16/h6-10,13-14,24-25H,4-5H2,1-3H3/t13-,14+/m0/s1. The van der Waals surface area contributed by atoms with E-state index in [2.05, 4.69) is 26.8 Å². The van der Waals surface area contributed by atoms with Crippen LogP contribution in [0.25, 0.3) is 21.9 Å². The number of benzene rings is 2. The third-order valence-electron chi connectivity index (χ3n) is 6.25. The van der Waals surface area contributed by atoms with Gasteiger partial charge in [0.1, 0.15) is 39.4 Å². The van der Waals surface area contributed by atoms with Crippen molar-refractivity contribution in [1.29, 1.82) is 0 Å². The highest BCUT2D eigenvalue weighted by Crippen LogP contribution is 2.52. The Bertz CT molecular complexity index is 1230. The number of hydrogen-bond donors (Lipinski definition) is 2. The maximum atomic E-state index is 13.4. The Morgan fingerprint density at radius 3 is 2.68 bits per heavy atom. The molecule has 2 N–H and O–H groups in total. The van der Waals surface area contributed by atoms with Crippen molar-refractivity contribution in [2.75, 3.05) is 0 Å². The van der Waals surface area contributed by atoms with Crippen LogP contribution in [-0.2, 0) is 0 Å². The lowest BCUT2D eigenvalue weighted by Gasteiger charge is -2.46. The van der Waals surface area contributed by atoms with Gasteiger partial charge in [-0.1, -0.05) is 11.6 Å². The first kappa shape index (κ1) is 17.2. The summed E-state index contributed by atoms with van der Waals surface area (Å²) in [5.41, 5.74) is 2.10. The summed E-state index contributed by atoms with van der Waals surface area (Å²) in [6.07, 6.45) is 4.26. The van der Waals surface area contributed by atoms with E-state index >= 15 is 0 Å². The minimum Gasteiger partial charge on any atom is -0.508 e. The van der Waals surface area contributed by atoms with E-state index in [1.165, 1.54) is 11.6 Å². The van der Waals surface area contributed by atoms with Crippen LogP contribution in [0.2, 0.25) is 0 Å². The molecule has 0 bridgehead atoms. The molecule has 5 heteroatoms. The van der Waals surface area contributed by atoms with Crippen molar-refractivity contribution >= 4 is 21.9 Å². The first-order chi connectivity index (χ1) is 13.3. The summed E-state index contributed by atoms with van der Waals surface area (Å²) in [6.45, 7) is 6.32. The lowest BCUT2D eigenvalue weighted by atomic mass is 9.67. The van der Waals surface area contributed by atoms with Crippen molar-refractivity contribution < 1.29 is 19.4 Å². The Balaban J connectivity index is 1.92. The second-order valence-electron chi connectivity index (χ2n) is 8.51. The van der Waals surface area contributed by atoms with Gasteiger partial charge in [-0.05, 0) is 45.7 Å². The van der Waals surface area contributed by atoms with Crippen LogP contribution in [0.5, 0.6) is 17.2 Å². The minimum atomic E-state index is -0.340. The molecule has 1 aliphatic carbocycles. The van der Waals surface area contributed by atoms with Crippen LogP contribution in [0.3, 0.4) is 0 Å². The van der Waals surface area contributed by atoms with Gasteiger partial charge in [0.25, 0.3) is 0 Å². The molecule has 3 aromatic rings. The first-order valence-corrected chi connectivity index (χ1v) is 9.58. The molecule has 0 saturated carbocycles. The zero-order valence-corrected chi connectivity index (χ0v) is 16.1. The van der Waals surface area contributed by atoms with Crippen molar-refractivity contribution in [2.45, 2.75) is 45.1 Å². The van der Waals surface area contributed by atoms with Crippen LogP contribution in [0.4, 0.5) is 0 Å². The third kappa shape index (κ3) is 2.28. The maximum Gasteiger partial charge on any atom is 0.204 e. The topological polar surface area (TPSA) is 79.9 Å². The van der Waals surface area contributed by atoms with Crippen LogP contribution in [-0.4, -0.2) is 15.8 Å². The van der Waals surface area contributed by atoms with Gasteiger partial charge in [0, 0.05) is 29.5 Å². The molecule has 1 aliphatic heterocycles. The number of rotatable bonds is 0. The summed E-state index contributed by atoms with van der Waals surface area (Å²) < 4.78 is 12.3. The van der Waals surface area contributed by atoms with E-state index in [1.807, 2.05) is 6.07 Å². The Morgan fingerprint density at radius 2 is 1.89 bits per heavy atom. The van der Waals surface area contributed by atoms with E-state index in [-0.39, 0.29) is 45.3 Å². The number of fused-ring (bicyclic) bond motifs is 6. The molecule has 2 heterocycles. The number of ether oxygens (including phenoxy) is 1. The summed E-state index contributed by atoms with van der Waals surface area (Å²) in [6, 6.07) is 6.09. The summed E-state index contributed by atoms with van der Waals surface area (Å²) in [4.78, 5) is 13.4. The van der Waals surface area contributed by atoms with Crippen molar-refractivity contribution in [1.82, 2.24) is 0 Å². The van der Waals surface area contributed by atoms with E-state index in [4.69, 9.17) is 9.15 Å². The molecule has 0 radical (unpaired) electrons. The molecule has 1 aromatic heterocycles. The molecule has 5 rings (SSSR count).